The normalized spacial score (nSPS) is 16.8. The van der Waals surface area contributed by atoms with Crippen LogP contribution in [0.2, 0.25) is 0 Å². The minimum Gasteiger partial charge on any atom is -0.494 e. The highest BCUT2D eigenvalue weighted by Gasteiger charge is 2.27. The first-order chi connectivity index (χ1) is 14.9. The van der Waals surface area contributed by atoms with E-state index in [0.29, 0.717) is 44.0 Å². The van der Waals surface area contributed by atoms with E-state index < -0.39 is 10.7 Å². The number of halogens is 1. The second-order valence-electron chi connectivity index (χ2n) is 7.94. The van der Waals surface area contributed by atoms with Crippen molar-refractivity contribution in [2.24, 2.45) is 0 Å². The summed E-state index contributed by atoms with van der Waals surface area (Å²) in [5.41, 5.74) is 1.55. The highest BCUT2D eigenvalue weighted by atomic mass is 19.1. The fourth-order valence-electron chi connectivity index (χ4n) is 3.74. The standard InChI is InChI=1S/C22H25FN4O4/c1-31-21-7-2-15(12-18(21)23)14-25-8-10-26(11-9-25)22(28)16-3-6-19(24-17-4-5-17)20(13-16)27(29)30/h2-3,6-7,12-13,17,24H,4-5,8-11,14H2,1H3. The quantitative estimate of drug-likeness (QED) is 0.538. The van der Waals surface area contributed by atoms with Crippen molar-refractivity contribution in [3.63, 3.8) is 0 Å². The highest BCUT2D eigenvalue weighted by molar-refractivity contribution is 5.95. The van der Waals surface area contributed by atoms with Crippen LogP contribution in [0.3, 0.4) is 0 Å². The summed E-state index contributed by atoms with van der Waals surface area (Å²) >= 11 is 0. The lowest BCUT2D eigenvalue weighted by Crippen LogP contribution is -2.48. The Kier molecular flexibility index (Phi) is 6.03. The fraction of sp³-hybridized carbons (Fsp3) is 0.409. The Bertz CT molecular complexity index is 987. The lowest BCUT2D eigenvalue weighted by atomic mass is 10.1. The number of nitrogens with zero attached hydrogens (tertiary/aromatic N) is 3. The number of amides is 1. The molecule has 31 heavy (non-hydrogen) atoms. The molecule has 1 N–H and O–H groups in total. The molecule has 1 saturated carbocycles. The van der Waals surface area contributed by atoms with Crippen LogP contribution in [-0.2, 0) is 6.54 Å². The molecular weight excluding hydrogens is 403 g/mol. The monoisotopic (exact) mass is 428 g/mol. The van der Waals surface area contributed by atoms with Gasteiger partial charge in [-0.05, 0) is 42.7 Å². The van der Waals surface area contributed by atoms with Crippen molar-refractivity contribution in [2.75, 3.05) is 38.6 Å². The van der Waals surface area contributed by atoms with Gasteiger partial charge in [-0.1, -0.05) is 6.07 Å². The molecule has 0 unspecified atom stereocenters. The number of benzene rings is 2. The Morgan fingerprint density at radius 3 is 2.55 bits per heavy atom. The third-order valence-electron chi connectivity index (χ3n) is 5.66. The molecule has 0 atom stereocenters. The fourth-order valence-corrected chi connectivity index (χ4v) is 3.74. The van der Waals surface area contributed by atoms with E-state index in [9.17, 15) is 19.3 Å². The number of carbonyl (C=O) groups excluding carboxylic acids is 1. The van der Waals surface area contributed by atoms with E-state index in [2.05, 4.69) is 10.2 Å². The lowest BCUT2D eigenvalue weighted by molar-refractivity contribution is -0.384. The van der Waals surface area contributed by atoms with E-state index >= 15 is 0 Å². The number of piperazine rings is 1. The second-order valence-corrected chi connectivity index (χ2v) is 7.94. The molecule has 2 aromatic rings. The van der Waals surface area contributed by atoms with Crippen LogP contribution >= 0.6 is 0 Å². The average molecular weight is 428 g/mol. The van der Waals surface area contributed by atoms with E-state index in [1.807, 2.05) is 6.07 Å². The Morgan fingerprint density at radius 2 is 1.94 bits per heavy atom. The van der Waals surface area contributed by atoms with E-state index in [1.165, 1.54) is 19.2 Å². The number of nitrogens with one attached hydrogen (secondary N) is 1. The first kappa shape index (κ1) is 21.0. The van der Waals surface area contributed by atoms with Gasteiger partial charge in [-0.3, -0.25) is 19.8 Å². The van der Waals surface area contributed by atoms with Crippen LogP contribution in [0, 0.1) is 15.9 Å². The maximum Gasteiger partial charge on any atom is 0.293 e. The Morgan fingerprint density at radius 1 is 1.19 bits per heavy atom. The molecule has 2 aromatic carbocycles. The molecule has 0 radical (unpaired) electrons. The molecule has 164 valence electrons. The van der Waals surface area contributed by atoms with E-state index in [1.54, 1.807) is 23.1 Å². The summed E-state index contributed by atoms with van der Waals surface area (Å²) in [5, 5.41) is 14.6. The third kappa shape index (κ3) is 4.93. The molecule has 9 heteroatoms. The number of hydrogen-bond donors (Lipinski definition) is 1. The van der Waals surface area contributed by atoms with Crippen molar-refractivity contribution in [1.82, 2.24) is 9.80 Å². The smallest absolute Gasteiger partial charge is 0.293 e. The van der Waals surface area contributed by atoms with Crippen LogP contribution in [0.15, 0.2) is 36.4 Å². The van der Waals surface area contributed by atoms with Crippen molar-refractivity contribution in [1.29, 1.82) is 0 Å². The molecule has 1 saturated heterocycles. The lowest BCUT2D eigenvalue weighted by Gasteiger charge is -2.34. The van der Waals surface area contributed by atoms with Gasteiger partial charge in [0.25, 0.3) is 11.6 Å². The maximum absolute atomic E-state index is 13.9. The van der Waals surface area contributed by atoms with Crippen molar-refractivity contribution in [3.8, 4) is 5.75 Å². The molecule has 4 rings (SSSR count). The summed E-state index contributed by atoms with van der Waals surface area (Å²) in [5.74, 6) is -0.391. The van der Waals surface area contributed by atoms with Gasteiger partial charge in [-0.15, -0.1) is 0 Å². The molecule has 0 spiro atoms. The van der Waals surface area contributed by atoms with E-state index in [4.69, 9.17) is 4.74 Å². The Balaban J connectivity index is 1.37. The number of nitro benzene ring substituents is 1. The summed E-state index contributed by atoms with van der Waals surface area (Å²) in [6.07, 6.45) is 2.01. The molecule has 1 aliphatic heterocycles. The summed E-state index contributed by atoms with van der Waals surface area (Å²) in [4.78, 5) is 27.8. The second kappa shape index (κ2) is 8.89. The van der Waals surface area contributed by atoms with Crippen LogP contribution < -0.4 is 10.1 Å². The summed E-state index contributed by atoms with van der Waals surface area (Å²) in [6.45, 7) is 2.88. The van der Waals surface area contributed by atoms with Gasteiger partial charge in [0.1, 0.15) is 5.69 Å². The molecule has 1 aliphatic carbocycles. The number of rotatable bonds is 7. The highest BCUT2D eigenvalue weighted by Crippen LogP contribution is 2.32. The topological polar surface area (TPSA) is 88.0 Å². The predicted molar refractivity (Wildman–Crippen MR) is 114 cm³/mol. The first-order valence-electron chi connectivity index (χ1n) is 10.3. The zero-order valence-corrected chi connectivity index (χ0v) is 17.3. The number of carbonyl (C=O) groups is 1. The molecule has 1 heterocycles. The third-order valence-corrected chi connectivity index (χ3v) is 5.66. The van der Waals surface area contributed by atoms with Crippen molar-refractivity contribution in [3.05, 3.63) is 63.5 Å². The zero-order valence-electron chi connectivity index (χ0n) is 17.3. The number of hydrogen-bond acceptors (Lipinski definition) is 6. The minimum atomic E-state index is -0.451. The molecule has 8 nitrogen and oxygen atoms in total. The van der Waals surface area contributed by atoms with E-state index in [0.717, 1.165) is 18.4 Å². The van der Waals surface area contributed by atoms with Gasteiger partial charge in [0.2, 0.25) is 0 Å². The Hall–Kier alpha value is -3.20. The molecule has 1 amide bonds. The molecule has 0 bridgehead atoms. The zero-order chi connectivity index (χ0) is 22.0. The number of ether oxygens (including phenoxy) is 1. The Labute approximate surface area is 179 Å². The van der Waals surface area contributed by atoms with Crippen LogP contribution in [0.5, 0.6) is 5.75 Å². The molecule has 0 aromatic heterocycles. The summed E-state index contributed by atoms with van der Waals surface area (Å²) in [7, 11) is 1.43. The van der Waals surface area contributed by atoms with Gasteiger partial charge >= 0.3 is 0 Å². The SMILES string of the molecule is COc1ccc(CN2CCN(C(=O)c3ccc(NC4CC4)c([N+](=O)[O-])c3)CC2)cc1F. The van der Waals surface area contributed by atoms with Gasteiger partial charge in [-0.25, -0.2) is 4.39 Å². The largest absolute Gasteiger partial charge is 0.494 e. The number of anilines is 1. The van der Waals surface area contributed by atoms with Crippen molar-refractivity contribution in [2.45, 2.75) is 25.4 Å². The summed E-state index contributed by atoms with van der Waals surface area (Å²) in [6, 6.07) is 9.82. The minimum absolute atomic E-state index is 0.0714. The number of methoxy groups -OCH3 is 1. The van der Waals surface area contributed by atoms with Crippen LogP contribution in [0.25, 0.3) is 0 Å². The van der Waals surface area contributed by atoms with Crippen LogP contribution in [0.4, 0.5) is 15.8 Å². The van der Waals surface area contributed by atoms with Gasteiger partial charge in [-0.2, -0.15) is 0 Å². The predicted octanol–water partition coefficient (Wildman–Crippen LogP) is 3.27. The first-order valence-corrected chi connectivity index (χ1v) is 10.3. The molecule has 2 fully saturated rings. The van der Waals surface area contributed by atoms with Gasteiger partial charge < -0.3 is 15.0 Å². The van der Waals surface area contributed by atoms with Crippen LogP contribution in [0.1, 0.15) is 28.8 Å². The number of nitro groups is 1. The van der Waals surface area contributed by atoms with Crippen molar-refractivity contribution < 1.29 is 18.8 Å². The van der Waals surface area contributed by atoms with Crippen LogP contribution in [-0.4, -0.2) is 60.0 Å². The summed E-state index contributed by atoms with van der Waals surface area (Å²) < 4.78 is 18.8. The van der Waals surface area contributed by atoms with Gasteiger partial charge in [0.05, 0.1) is 12.0 Å². The van der Waals surface area contributed by atoms with Crippen molar-refractivity contribution >= 4 is 17.3 Å². The average Bonchev–Trinajstić information content (AvgIpc) is 3.58. The van der Waals surface area contributed by atoms with Gasteiger partial charge in [0, 0.05) is 50.4 Å². The van der Waals surface area contributed by atoms with Gasteiger partial charge in [0.15, 0.2) is 11.6 Å². The van der Waals surface area contributed by atoms with E-state index in [-0.39, 0.29) is 23.4 Å². The molecule has 2 aliphatic rings. The maximum atomic E-state index is 13.9. The molecular formula is C22H25FN4O4.